The summed E-state index contributed by atoms with van der Waals surface area (Å²) in [6, 6.07) is 15.2. The maximum absolute atomic E-state index is 12.5. The van der Waals surface area contributed by atoms with Crippen molar-refractivity contribution in [3.8, 4) is 17.2 Å². The predicted molar refractivity (Wildman–Crippen MR) is 110 cm³/mol. The topological polar surface area (TPSA) is 65.4 Å². The number of ether oxygens (including phenoxy) is 2. The normalized spacial score (nSPS) is 12.5. The molecule has 2 heterocycles. The maximum Gasteiger partial charge on any atom is 0.263 e. The largest absolute Gasteiger partial charge is 0.497 e. The van der Waals surface area contributed by atoms with Crippen molar-refractivity contribution < 1.29 is 14.3 Å². The summed E-state index contributed by atoms with van der Waals surface area (Å²) in [6.45, 7) is 1.96. The summed E-state index contributed by atoms with van der Waals surface area (Å²) < 4.78 is 12.5. The zero-order chi connectivity index (χ0) is 19.5. The lowest BCUT2D eigenvalue weighted by atomic mass is 10.2. The molecule has 0 saturated carbocycles. The van der Waals surface area contributed by atoms with Gasteiger partial charge in [0.15, 0.2) is 6.61 Å². The molecular weight excluding hydrogens is 374 g/mol. The Hall–Kier alpha value is -2.93. The van der Waals surface area contributed by atoms with Crippen molar-refractivity contribution in [3.63, 3.8) is 0 Å². The molecule has 0 fully saturated rings. The van der Waals surface area contributed by atoms with Crippen LogP contribution in [0.1, 0.15) is 16.8 Å². The van der Waals surface area contributed by atoms with Crippen molar-refractivity contribution in [1.29, 1.82) is 0 Å². The van der Waals surface area contributed by atoms with E-state index in [0.717, 1.165) is 45.6 Å². The third-order valence-corrected chi connectivity index (χ3v) is 5.46. The highest BCUT2D eigenvalue weighted by Crippen LogP contribution is 2.36. The van der Waals surface area contributed by atoms with Crippen molar-refractivity contribution in [2.45, 2.75) is 18.4 Å². The molecule has 144 valence electrons. The minimum absolute atomic E-state index is 0.0761. The summed E-state index contributed by atoms with van der Waals surface area (Å²) in [5.74, 6) is 3.57. The predicted octanol–water partition coefficient (Wildman–Crippen LogP) is 3.95. The first-order chi connectivity index (χ1) is 13.6. The van der Waals surface area contributed by atoms with Crippen LogP contribution in [0.3, 0.4) is 0 Å². The molecule has 1 aliphatic rings. The van der Waals surface area contributed by atoms with E-state index in [1.54, 1.807) is 43.1 Å². The van der Waals surface area contributed by atoms with Crippen LogP contribution in [0.5, 0.6) is 11.5 Å². The average Bonchev–Trinajstić information content (AvgIpc) is 3.29. The number of methoxy groups -OCH3 is 1. The van der Waals surface area contributed by atoms with Gasteiger partial charge in [0, 0.05) is 17.1 Å². The van der Waals surface area contributed by atoms with Gasteiger partial charge in [-0.05, 0) is 48.9 Å². The van der Waals surface area contributed by atoms with E-state index in [0.29, 0.717) is 5.75 Å². The summed E-state index contributed by atoms with van der Waals surface area (Å²) in [5, 5.41) is 7.72. The van der Waals surface area contributed by atoms with E-state index in [1.807, 2.05) is 29.8 Å². The second kappa shape index (κ2) is 7.98. The van der Waals surface area contributed by atoms with Gasteiger partial charge in [-0.2, -0.15) is 16.9 Å². The van der Waals surface area contributed by atoms with Crippen molar-refractivity contribution in [2.75, 3.05) is 19.0 Å². The molecule has 0 aliphatic carbocycles. The fraction of sp³-hybridized carbons (Fsp3) is 0.238. The number of nitrogens with one attached hydrogen (secondary N) is 1. The molecule has 2 aromatic carbocycles. The monoisotopic (exact) mass is 395 g/mol. The summed E-state index contributed by atoms with van der Waals surface area (Å²) in [6.07, 6.45) is 0. The van der Waals surface area contributed by atoms with Crippen LogP contribution in [0.15, 0.2) is 48.5 Å². The van der Waals surface area contributed by atoms with Crippen molar-refractivity contribution >= 4 is 23.5 Å². The molecule has 4 rings (SSSR count). The summed E-state index contributed by atoms with van der Waals surface area (Å²) in [5.41, 5.74) is 4.19. The number of rotatable bonds is 6. The summed E-state index contributed by atoms with van der Waals surface area (Å²) in [4.78, 5) is 12.5. The van der Waals surface area contributed by atoms with E-state index in [4.69, 9.17) is 14.6 Å². The molecular formula is C21H21N3O3S. The van der Waals surface area contributed by atoms with Gasteiger partial charge in [0.05, 0.1) is 18.5 Å². The van der Waals surface area contributed by atoms with Gasteiger partial charge in [0.2, 0.25) is 0 Å². The molecule has 1 aromatic heterocycles. The molecule has 1 amide bonds. The van der Waals surface area contributed by atoms with Crippen molar-refractivity contribution in [2.24, 2.45) is 0 Å². The fourth-order valence-electron chi connectivity index (χ4n) is 3.08. The van der Waals surface area contributed by atoms with Crippen LogP contribution in [-0.2, 0) is 16.3 Å². The van der Waals surface area contributed by atoms with E-state index >= 15 is 0 Å². The Labute approximate surface area is 167 Å². The van der Waals surface area contributed by atoms with Crippen LogP contribution in [0.2, 0.25) is 0 Å². The Morgan fingerprint density at radius 2 is 1.96 bits per heavy atom. The third-order valence-electron chi connectivity index (χ3n) is 4.49. The zero-order valence-electron chi connectivity index (χ0n) is 15.8. The number of amides is 1. The minimum Gasteiger partial charge on any atom is -0.497 e. The number of aryl methyl sites for hydroxylation is 1. The molecule has 1 aliphatic heterocycles. The van der Waals surface area contributed by atoms with Crippen LogP contribution in [0, 0.1) is 6.92 Å². The standard InChI is InChI=1S/C21H21N3O3S/c1-14-4-3-5-15(10-14)24-21(18-12-28-13-19(18)23-24)22-20(25)11-27-17-8-6-16(26-2)7-9-17/h3-10H,11-13H2,1-2H3,(H,22,25). The van der Waals surface area contributed by atoms with Gasteiger partial charge in [-0.15, -0.1) is 0 Å². The molecule has 1 N–H and O–H groups in total. The smallest absolute Gasteiger partial charge is 0.263 e. The van der Waals surface area contributed by atoms with E-state index in [9.17, 15) is 4.79 Å². The lowest BCUT2D eigenvalue weighted by Crippen LogP contribution is -2.22. The Bertz CT molecular complexity index is 999. The van der Waals surface area contributed by atoms with Crippen LogP contribution >= 0.6 is 11.8 Å². The lowest BCUT2D eigenvalue weighted by molar-refractivity contribution is -0.118. The Morgan fingerprint density at radius 3 is 2.71 bits per heavy atom. The third kappa shape index (κ3) is 3.84. The lowest BCUT2D eigenvalue weighted by Gasteiger charge is -2.12. The van der Waals surface area contributed by atoms with Crippen LogP contribution in [-0.4, -0.2) is 29.4 Å². The molecule has 0 unspecified atom stereocenters. The molecule has 0 radical (unpaired) electrons. The Balaban J connectivity index is 1.51. The summed E-state index contributed by atoms with van der Waals surface area (Å²) in [7, 11) is 1.61. The molecule has 0 spiro atoms. The first-order valence-corrected chi connectivity index (χ1v) is 10.1. The Kier molecular flexibility index (Phi) is 5.25. The first kappa shape index (κ1) is 18.4. The second-order valence-corrected chi connectivity index (χ2v) is 7.52. The number of aromatic nitrogens is 2. The molecule has 6 nitrogen and oxygen atoms in total. The molecule has 0 atom stereocenters. The minimum atomic E-state index is -0.218. The van der Waals surface area contributed by atoms with Crippen molar-refractivity contribution in [1.82, 2.24) is 9.78 Å². The number of hydrogen-bond donors (Lipinski definition) is 1. The number of benzene rings is 2. The summed E-state index contributed by atoms with van der Waals surface area (Å²) >= 11 is 1.80. The molecule has 0 bridgehead atoms. The van der Waals surface area contributed by atoms with Gasteiger partial charge in [0.1, 0.15) is 17.3 Å². The highest BCUT2D eigenvalue weighted by Gasteiger charge is 2.24. The number of carbonyl (C=O) groups is 1. The molecule has 3 aromatic rings. The molecule has 0 saturated heterocycles. The number of fused-ring (bicyclic) bond motifs is 1. The fourth-order valence-corrected chi connectivity index (χ4v) is 4.11. The zero-order valence-corrected chi connectivity index (χ0v) is 16.6. The van der Waals surface area contributed by atoms with E-state index in [2.05, 4.69) is 11.4 Å². The SMILES string of the molecule is COc1ccc(OCC(=O)Nc2c3c(nn2-c2cccc(C)c2)CSC3)cc1. The van der Waals surface area contributed by atoms with Gasteiger partial charge in [-0.3, -0.25) is 4.79 Å². The van der Waals surface area contributed by atoms with E-state index in [-0.39, 0.29) is 12.5 Å². The van der Waals surface area contributed by atoms with E-state index in [1.165, 1.54) is 0 Å². The van der Waals surface area contributed by atoms with Crippen LogP contribution in [0.4, 0.5) is 5.82 Å². The molecule has 7 heteroatoms. The number of hydrogen-bond acceptors (Lipinski definition) is 5. The van der Waals surface area contributed by atoms with E-state index < -0.39 is 0 Å². The van der Waals surface area contributed by atoms with Gasteiger partial charge >= 0.3 is 0 Å². The number of anilines is 1. The maximum atomic E-state index is 12.5. The first-order valence-electron chi connectivity index (χ1n) is 8.96. The number of thioether (sulfide) groups is 1. The molecule has 28 heavy (non-hydrogen) atoms. The van der Waals surface area contributed by atoms with Gasteiger partial charge in [-0.25, -0.2) is 4.68 Å². The van der Waals surface area contributed by atoms with Crippen LogP contribution < -0.4 is 14.8 Å². The average molecular weight is 395 g/mol. The van der Waals surface area contributed by atoms with Gasteiger partial charge in [0.25, 0.3) is 5.91 Å². The van der Waals surface area contributed by atoms with Crippen molar-refractivity contribution in [3.05, 3.63) is 65.4 Å². The van der Waals surface area contributed by atoms with Crippen LogP contribution in [0.25, 0.3) is 5.69 Å². The number of carbonyl (C=O) groups excluding carboxylic acids is 1. The highest BCUT2D eigenvalue weighted by atomic mass is 32.2. The van der Waals surface area contributed by atoms with Gasteiger partial charge in [-0.1, -0.05) is 12.1 Å². The second-order valence-electron chi connectivity index (χ2n) is 6.53. The quantitative estimate of drug-likeness (QED) is 0.685. The van der Waals surface area contributed by atoms with Gasteiger partial charge < -0.3 is 14.8 Å². The number of nitrogens with zero attached hydrogens (tertiary/aromatic N) is 2. The Morgan fingerprint density at radius 1 is 1.18 bits per heavy atom. The highest BCUT2D eigenvalue weighted by molar-refractivity contribution is 7.98.